The molecule has 1 unspecified atom stereocenters. The molecule has 0 spiro atoms. The van der Waals surface area contributed by atoms with Crippen molar-refractivity contribution in [3.8, 4) is 0 Å². The molecule has 41 heavy (non-hydrogen) atoms. The smallest absolute Gasteiger partial charge is 0.0685 e. The maximum atomic E-state index is 5.59. The Kier molecular flexibility index (Phi) is 8.84. The van der Waals surface area contributed by atoms with Crippen LogP contribution in [-0.4, -0.2) is 20.2 Å². The Morgan fingerprint density at radius 2 is 1.41 bits per heavy atom. The average Bonchev–Trinajstić information content (AvgIpc) is 3.74. The second-order valence-corrected chi connectivity index (χ2v) is 12.0. The van der Waals surface area contributed by atoms with E-state index in [9.17, 15) is 0 Å². The zero-order valence-electron chi connectivity index (χ0n) is 26.3. The van der Waals surface area contributed by atoms with Crippen molar-refractivity contribution in [1.29, 1.82) is 0 Å². The zero-order valence-corrected chi connectivity index (χ0v) is 27.9. The van der Waals surface area contributed by atoms with Gasteiger partial charge in [-0.3, -0.25) is 4.99 Å². The summed E-state index contributed by atoms with van der Waals surface area (Å²) in [6, 6.07) is 4.43. The van der Waals surface area contributed by atoms with Gasteiger partial charge in [0.1, 0.15) is 0 Å². The predicted molar refractivity (Wildman–Crippen MR) is 179 cm³/mol. The molecule has 5 heterocycles. The molecule has 2 aliphatic heterocycles. The number of hydrogen-bond acceptors (Lipinski definition) is 1. The van der Waals surface area contributed by atoms with Crippen molar-refractivity contribution < 1.29 is 0 Å². The van der Waals surface area contributed by atoms with Crippen LogP contribution >= 0.6 is 15.9 Å². The highest BCUT2D eigenvalue weighted by molar-refractivity contribution is 9.15. The van der Waals surface area contributed by atoms with Crippen molar-refractivity contribution in [3.05, 3.63) is 78.4 Å². The summed E-state index contributed by atoms with van der Waals surface area (Å²) in [5.74, 6) is 0.311. The quantitative estimate of drug-likeness (QED) is 0.299. The van der Waals surface area contributed by atoms with E-state index in [4.69, 9.17) is 4.99 Å². The van der Waals surface area contributed by atoms with Crippen molar-refractivity contribution in [3.63, 3.8) is 0 Å². The fourth-order valence-corrected chi connectivity index (χ4v) is 8.26. The molecular formula is C36H47BrN4. The molecule has 2 N–H and O–H groups in total. The van der Waals surface area contributed by atoms with Crippen LogP contribution in [0.2, 0.25) is 0 Å². The predicted octanol–water partition coefficient (Wildman–Crippen LogP) is 6.29. The highest BCUT2D eigenvalue weighted by Crippen LogP contribution is 2.39. The lowest BCUT2D eigenvalue weighted by atomic mass is 9.88. The van der Waals surface area contributed by atoms with Crippen LogP contribution in [0.15, 0.2) is 28.4 Å². The molecule has 3 aromatic rings. The second kappa shape index (κ2) is 12.2. The van der Waals surface area contributed by atoms with Crippen LogP contribution in [0.5, 0.6) is 0 Å². The molecule has 8 bridgehead atoms. The lowest BCUT2D eigenvalue weighted by molar-refractivity contribution is 0.715. The maximum absolute atomic E-state index is 5.59. The Morgan fingerprint density at radius 3 is 1.98 bits per heavy atom. The van der Waals surface area contributed by atoms with Gasteiger partial charge in [-0.05, 0) is 120 Å². The van der Waals surface area contributed by atoms with Crippen LogP contribution in [0.1, 0.15) is 108 Å². The molecule has 0 saturated heterocycles. The molecule has 0 radical (unpaired) electrons. The fraction of sp³-hybridized carbons (Fsp3) is 0.472. The van der Waals surface area contributed by atoms with E-state index in [1.807, 2.05) is 0 Å². The first-order valence-electron chi connectivity index (χ1n) is 16.0. The Bertz CT molecular complexity index is 1780. The zero-order chi connectivity index (χ0) is 29.4. The Morgan fingerprint density at radius 1 is 0.756 bits per heavy atom. The van der Waals surface area contributed by atoms with Crippen LogP contribution in [0.4, 0.5) is 0 Å². The van der Waals surface area contributed by atoms with Gasteiger partial charge in [-0.1, -0.05) is 48.5 Å². The van der Waals surface area contributed by atoms with Crippen LogP contribution in [0.25, 0.3) is 22.2 Å². The first-order valence-corrected chi connectivity index (χ1v) is 16.8. The Hall–Kier alpha value is -2.79. The number of fused-ring (bicyclic) bond motifs is 7. The normalized spacial score (nSPS) is 16.8. The lowest BCUT2D eigenvalue weighted by Crippen LogP contribution is -2.31. The lowest BCUT2D eigenvalue weighted by Gasteiger charge is -2.16. The van der Waals surface area contributed by atoms with Gasteiger partial charge in [0.05, 0.1) is 21.2 Å². The van der Waals surface area contributed by atoms with Gasteiger partial charge >= 0.3 is 0 Å². The van der Waals surface area contributed by atoms with Gasteiger partial charge in [-0.15, -0.1) is 0 Å². The second-order valence-electron chi connectivity index (χ2n) is 11.2. The number of allylic oxidation sites excluding steroid dienone is 2. The van der Waals surface area contributed by atoms with Gasteiger partial charge < -0.3 is 14.5 Å². The number of hydrogen-bond donors (Lipinski definition) is 2. The fourth-order valence-electron chi connectivity index (χ4n) is 7.44. The number of aromatic nitrogens is 3. The van der Waals surface area contributed by atoms with Crippen molar-refractivity contribution in [2.45, 2.75) is 107 Å². The van der Waals surface area contributed by atoms with Crippen LogP contribution in [0.3, 0.4) is 0 Å². The summed E-state index contributed by atoms with van der Waals surface area (Å²) >= 11 is 4.20. The maximum Gasteiger partial charge on any atom is 0.0685 e. The van der Waals surface area contributed by atoms with E-state index in [1.54, 1.807) is 0 Å². The van der Waals surface area contributed by atoms with Crippen LogP contribution in [0, 0.1) is 5.92 Å². The van der Waals surface area contributed by atoms with E-state index in [0.717, 1.165) is 62.9 Å². The van der Waals surface area contributed by atoms with Crippen LogP contribution in [-0.2, 0) is 32.2 Å². The molecule has 0 aliphatic carbocycles. The SMILES string of the molecule is CCC1=C2N=C(C(Br)=c3c(CC)c(CC)c(n3CC)=Cc3ccc([nH]3)C=c3[nH]c(c(CC)c3CC)=C2CC)C1CC. The third-order valence-corrected chi connectivity index (χ3v) is 10.1. The number of H-pyrrole nitrogens is 2. The van der Waals surface area contributed by atoms with Crippen LogP contribution < -0.4 is 21.4 Å². The van der Waals surface area contributed by atoms with E-state index in [2.05, 4.69) is 110 Å². The summed E-state index contributed by atoms with van der Waals surface area (Å²) in [5, 5.41) is 5.11. The Balaban J connectivity index is 2.04. The standard InChI is InChI=1S/C36H47BrN4/c1-9-23-25(11-3)33-29(15-7)34-26(12-4)27(13-5)35(40-34)32(37)36-28(14-6)24(10-2)31(41(36)16-8)20-22-18-17-21(38-22)19-30(23)39-33/h17-20,27,38-39H,9-16H2,1-8H3. The molecule has 0 fully saturated rings. The first-order chi connectivity index (χ1) is 19.9. The highest BCUT2D eigenvalue weighted by atomic mass is 79.9. The number of aromatic amines is 2. The van der Waals surface area contributed by atoms with E-state index in [0.29, 0.717) is 5.92 Å². The topological polar surface area (TPSA) is 48.9 Å². The number of nitrogens with one attached hydrogen (secondary N) is 2. The van der Waals surface area contributed by atoms with Gasteiger partial charge in [0.2, 0.25) is 0 Å². The van der Waals surface area contributed by atoms with Crippen molar-refractivity contribution in [1.82, 2.24) is 14.5 Å². The molecule has 0 amide bonds. The van der Waals surface area contributed by atoms with E-state index >= 15 is 0 Å². The number of halogens is 1. The minimum atomic E-state index is 0.311. The van der Waals surface area contributed by atoms with Gasteiger partial charge in [0.15, 0.2) is 0 Å². The van der Waals surface area contributed by atoms with Crippen molar-refractivity contribution in [2.75, 3.05) is 0 Å². The monoisotopic (exact) mass is 614 g/mol. The summed E-state index contributed by atoms with van der Waals surface area (Å²) in [6.07, 6.45) is 11.6. The summed E-state index contributed by atoms with van der Waals surface area (Å²) < 4.78 is 3.68. The molecule has 5 heteroatoms. The molecule has 4 nitrogen and oxygen atoms in total. The molecule has 3 aromatic heterocycles. The molecule has 2 aliphatic rings. The first kappa shape index (κ1) is 29.7. The molecule has 0 saturated carbocycles. The van der Waals surface area contributed by atoms with E-state index < -0.39 is 0 Å². The van der Waals surface area contributed by atoms with E-state index in [1.165, 1.54) is 70.7 Å². The van der Waals surface area contributed by atoms with Crippen molar-refractivity contribution in [2.24, 2.45) is 10.9 Å². The minimum absolute atomic E-state index is 0.311. The van der Waals surface area contributed by atoms with Gasteiger partial charge in [0.25, 0.3) is 0 Å². The Labute approximate surface area is 253 Å². The number of rotatable bonds is 8. The third kappa shape index (κ3) is 4.78. The molecule has 218 valence electrons. The summed E-state index contributed by atoms with van der Waals surface area (Å²) in [4.78, 5) is 13.2. The summed E-state index contributed by atoms with van der Waals surface area (Å²) in [6.45, 7) is 19.3. The molecule has 1 atom stereocenters. The van der Waals surface area contributed by atoms with E-state index in [-0.39, 0.29) is 0 Å². The average molecular weight is 616 g/mol. The molecule has 0 aromatic carbocycles. The van der Waals surface area contributed by atoms with Gasteiger partial charge in [-0.25, -0.2) is 0 Å². The summed E-state index contributed by atoms with van der Waals surface area (Å²) in [7, 11) is 0. The third-order valence-electron chi connectivity index (χ3n) is 9.27. The summed E-state index contributed by atoms with van der Waals surface area (Å²) in [5.41, 5.74) is 13.2. The van der Waals surface area contributed by atoms with Gasteiger partial charge in [-0.2, -0.15) is 0 Å². The molecule has 5 rings (SSSR count). The largest absolute Gasteiger partial charge is 0.355 e. The number of aliphatic imine (C=N–C) groups is 1. The van der Waals surface area contributed by atoms with Crippen molar-refractivity contribution >= 4 is 43.8 Å². The van der Waals surface area contributed by atoms with Gasteiger partial charge in [0, 0.05) is 45.5 Å². The minimum Gasteiger partial charge on any atom is -0.355 e. The highest BCUT2D eigenvalue weighted by Gasteiger charge is 2.32. The molecular weight excluding hydrogens is 568 g/mol. The number of nitrogens with zero attached hydrogens (tertiary/aromatic N) is 2.